The van der Waals surface area contributed by atoms with Gasteiger partial charge in [0.15, 0.2) is 0 Å². The SMILES string of the molecule is C=CCCOc1nc(N)c([N+](=O)[O-])c(N(Cc2ncccc2OCC=C)C(=O)OCC)n1. The van der Waals surface area contributed by atoms with Crippen molar-refractivity contribution in [3.8, 4) is 11.8 Å². The number of rotatable bonds is 12. The van der Waals surface area contributed by atoms with E-state index in [1.165, 1.54) is 6.20 Å². The first-order valence-electron chi connectivity index (χ1n) is 9.60. The maximum Gasteiger partial charge on any atom is 0.416 e. The van der Waals surface area contributed by atoms with Crippen molar-refractivity contribution in [1.82, 2.24) is 15.0 Å². The molecule has 0 saturated heterocycles. The van der Waals surface area contributed by atoms with Gasteiger partial charge >= 0.3 is 17.8 Å². The van der Waals surface area contributed by atoms with Crippen molar-refractivity contribution in [3.63, 3.8) is 0 Å². The van der Waals surface area contributed by atoms with E-state index in [-0.39, 0.29) is 32.4 Å². The minimum Gasteiger partial charge on any atom is -0.488 e. The molecule has 32 heavy (non-hydrogen) atoms. The molecule has 2 aromatic rings. The van der Waals surface area contributed by atoms with Gasteiger partial charge in [0.05, 0.1) is 24.7 Å². The predicted molar refractivity (Wildman–Crippen MR) is 117 cm³/mol. The van der Waals surface area contributed by atoms with Gasteiger partial charge in [-0.05, 0) is 25.5 Å². The molecule has 0 fully saturated rings. The van der Waals surface area contributed by atoms with E-state index in [1.807, 2.05) is 0 Å². The summed E-state index contributed by atoms with van der Waals surface area (Å²) < 4.78 is 16.1. The Morgan fingerprint density at radius 3 is 2.75 bits per heavy atom. The summed E-state index contributed by atoms with van der Waals surface area (Å²) in [5.41, 5.74) is 5.45. The smallest absolute Gasteiger partial charge is 0.416 e. The lowest BCUT2D eigenvalue weighted by Crippen LogP contribution is -2.33. The number of nitrogen functional groups attached to an aromatic ring is 1. The summed E-state index contributed by atoms with van der Waals surface area (Å²) in [5, 5.41) is 11.7. The first-order valence-corrected chi connectivity index (χ1v) is 9.60. The lowest BCUT2D eigenvalue weighted by Gasteiger charge is -2.22. The molecule has 2 N–H and O–H groups in total. The van der Waals surface area contributed by atoms with E-state index in [2.05, 4.69) is 28.1 Å². The fourth-order valence-electron chi connectivity index (χ4n) is 2.50. The van der Waals surface area contributed by atoms with Gasteiger partial charge in [-0.3, -0.25) is 15.1 Å². The summed E-state index contributed by atoms with van der Waals surface area (Å²) in [7, 11) is 0. The van der Waals surface area contributed by atoms with E-state index in [9.17, 15) is 14.9 Å². The number of anilines is 2. The summed E-state index contributed by atoms with van der Waals surface area (Å²) in [6.07, 6.45) is 4.24. The van der Waals surface area contributed by atoms with Crippen molar-refractivity contribution in [2.75, 3.05) is 30.5 Å². The quantitative estimate of drug-likeness (QED) is 0.223. The number of nitro groups is 1. The second-order valence-electron chi connectivity index (χ2n) is 6.08. The maximum atomic E-state index is 12.8. The highest BCUT2D eigenvalue weighted by Gasteiger charge is 2.33. The summed E-state index contributed by atoms with van der Waals surface area (Å²) >= 11 is 0. The summed E-state index contributed by atoms with van der Waals surface area (Å²) in [4.78, 5) is 36.8. The minimum atomic E-state index is -0.897. The van der Waals surface area contributed by atoms with Gasteiger partial charge in [0.1, 0.15) is 18.1 Å². The Balaban J connectivity index is 2.57. The molecule has 0 saturated carbocycles. The van der Waals surface area contributed by atoms with E-state index in [4.69, 9.17) is 19.9 Å². The number of pyridine rings is 1. The maximum absolute atomic E-state index is 12.8. The molecule has 12 heteroatoms. The Morgan fingerprint density at radius 2 is 2.09 bits per heavy atom. The molecule has 0 atom stereocenters. The predicted octanol–water partition coefficient (Wildman–Crippen LogP) is 3.04. The number of nitrogens with two attached hydrogens (primary N) is 1. The van der Waals surface area contributed by atoms with Gasteiger partial charge in [-0.2, -0.15) is 9.97 Å². The Hall–Kier alpha value is -4.22. The van der Waals surface area contributed by atoms with Crippen LogP contribution in [-0.4, -0.2) is 45.8 Å². The molecule has 0 aliphatic carbocycles. The normalized spacial score (nSPS) is 10.2. The van der Waals surface area contributed by atoms with Crippen molar-refractivity contribution >= 4 is 23.4 Å². The van der Waals surface area contributed by atoms with Crippen LogP contribution in [0.1, 0.15) is 19.0 Å². The molecule has 0 spiro atoms. The Kier molecular flexibility index (Phi) is 8.90. The van der Waals surface area contributed by atoms with E-state index in [0.29, 0.717) is 17.9 Å². The third kappa shape index (κ3) is 6.14. The van der Waals surface area contributed by atoms with E-state index < -0.39 is 28.3 Å². The fourth-order valence-corrected chi connectivity index (χ4v) is 2.50. The molecular formula is C20H24N6O6. The second kappa shape index (κ2) is 11.8. The van der Waals surface area contributed by atoms with Crippen LogP contribution in [0.25, 0.3) is 0 Å². The lowest BCUT2D eigenvalue weighted by atomic mass is 10.3. The summed E-state index contributed by atoms with van der Waals surface area (Å²) in [6.45, 7) is 8.90. The van der Waals surface area contributed by atoms with Gasteiger partial charge in [0.25, 0.3) is 0 Å². The zero-order valence-electron chi connectivity index (χ0n) is 17.6. The average Bonchev–Trinajstić information content (AvgIpc) is 2.76. The van der Waals surface area contributed by atoms with Gasteiger partial charge in [-0.1, -0.05) is 18.7 Å². The Labute approximate surface area is 184 Å². The topological polar surface area (TPSA) is 156 Å². The van der Waals surface area contributed by atoms with Gasteiger partial charge in [0.2, 0.25) is 11.6 Å². The van der Waals surface area contributed by atoms with Crippen molar-refractivity contribution < 1.29 is 23.9 Å². The van der Waals surface area contributed by atoms with Gasteiger partial charge in [-0.15, -0.1) is 6.58 Å². The Bertz CT molecular complexity index is 983. The molecule has 0 unspecified atom stereocenters. The van der Waals surface area contributed by atoms with Crippen LogP contribution in [0.2, 0.25) is 0 Å². The fraction of sp³-hybridized carbons (Fsp3) is 0.300. The van der Waals surface area contributed by atoms with Crippen LogP contribution in [0.3, 0.4) is 0 Å². The third-order valence-electron chi connectivity index (χ3n) is 3.86. The number of ether oxygens (including phenoxy) is 3. The first-order chi connectivity index (χ1) is 15.4. The van der Waals surface area contributed by atoms with Crippen LogP contribution in [0, 0.1) is 10.1 Å². The molecule has 1 amide bonds. The van der Waals surface area contributed by atoms with Crippen LogP contribution < -0.4 is 20.1 Å². The largest absolute Gasteiger partial charge is 0.488 e. The molecule has 0 aliphatic heterocycles. The lowest BCUT2D eigenvalue weighted by molar-refractivity contribution is -0.383. The number of carbonyl (C=O) groups is 1. The highest BCUT2D eigenvalue weighted by atomic mass is 16.6. The third-order valence-corrected chi connectivity index (χ3v) is 3.86. The molecule has 2 heterocycles. The van der Waals surface area contributed by atoms with E-state index in [0.717, 1.165) is 4.90 Å². The van der Waals surface area contributed by atoms with Crippen LogP contribution in [0.4, 0.5) is 22.1 Å². The van der Waals surface area contributed by atoms with Crippen LogP contribution in [0.15, 0.2) is 43.6 Å². The van der Waals surface area contributed by atoms with Gasteiger partial charge in [0, 0.05) is 6.20 Å². The van der Waals surface area contributed by atoms with Gasteiger partial charge < -0.3 is 19.9 Å². The molecule has 170 valence electrons. The highest BCUT2D eigenvalue weighted by Crippen LogP contribution is 2.34. The van der Waals surface area contributed by atoms with Gasteiger partial charge in [-0.25, -0.2) is 9.69 Å². The van der Waals surface area contributed by atoms with Crippen molar-refractivity contribution in [2.24, 2.45) is 0 Å². The van der Waals surface area contributed by atoms with Crippen LogP contribution >= 0.6 is 0 Å². The van der Waals surface area contributed by atoms with Crippen LogP contribution in [-0.2, 0) is 11.3 Å². The number of nitrogens with zero attached hydrogens (tertiary/aromatic N) is 5. The number of aromatic nitrogens is 3. The highest BCUT2D eigenvalue weighted by molar-refractivity contribution is 5.90. The van der Waals surface area contributed by atoms with Crippen LogP contribution in [0.5, 0.6) is 11.8 Å². The average molecular weight is 444 g/mol. The molecule has 0 bridgehead atoms. The number of hydrogen-bond donors (Lipinski definition) is 1. The standard InChI is InChI=1S/C20H24N6O6/c1-4-7-12-32-19-23-17(21)16(26(28)29)18(24-19)25(20(27)30-6-3)13-14-15(31-11-5-2)9-8-10-22-14/h4-5,8-10H,1-2,6-7,11-13H2,3H3,(H2,21,23,24). The molecule has 0 aliphatic rings. The van der Waals surface area contributed by atoms with Crippen molar-refractivity contribution in [1.29, 1.82) is 0 Å². The molecule has 2 rings (SSSR count). The number of carbonyl (C=O) groups excluding carboxylic acids is 1. The zero-order chi connectivity index (χ0) is 23.5. The minimum absolute atomic E-state index is 0.0223. The van der Waals surface area contributed by atoms with E-state index in [1.54, 1.807) is 31.2 Å². The summed E-state index contributed by atoms with van der Waals surface area (Å²) in [5.74, 6) is -0.504. The first kappa shape index (κ1) is 24.1. The summed E-state index contributed by atoms with van der Waals surface area (Å²) in [6, 6.07) is 3.05. The zero-order valence-corrected chi connectivity index (χ0v) is 17.6. The molecular weight excluding hydrogens is 420 g/mol. The molecule has 0 radical (unpaired) electrons. The van der Waals surface area contributed by atoms with E-state index >= 15 is 0 Å². The molecule has 2 aromatic heterocycles. The van der Waals surface area contributed by atoms with Crippen molar-refractivity contribution in [3.05, 3.63) is 59.4 Å². The second-order valence-corrected chi connectivity index (χ2v) is 6.08. The number of amides is 1. The number of hydrogen-bond acceptors (Lipinski definition) is 10. The monoisotopic (exact) mass is 444 g/mol. The van der Waals surface area contributed by atoms with Crippen molar-refractivity contribution in [2.45, 2.75) is 19.9 Å². The molecule has 0 aromatic carbocycles. The molecule has 12 nitrogen and oxygen atoms in total. The Morgan fingerprint density at radius 1 is 1.31 bits per heavy atom.